The van der Waals surface area contributed by atoms with E-state index in [1.807, 2.05) is 0 Å². The summed E-state index contributed by atoms with van der Waals surface area (Å²) in [6.45, 7) is 0. The lowest BCUT2D eigenvalue weighted by molar-refractivity contribution is 0.0821. The third-order valence-electron chi connectivity index (χ3n) is 2.29. The Bertz CT molecular complexity index is 610. The van der Waals surface area contributed by atoms with Gasteiger partial charge < -0.3 is 4.90 Å². The van der Waals surface area contributed by atoms with Gasteiger partial charge in [-0.2, -0.15) is 10.1 Å². The largest absolute Gasteiger partial charge is 0.343 e. The molecule has 0 fully saturated rings. The summed E-state index contributed by atoms with van der Waals surface area (Å²) in [5.74, 6) is 5.56. The van der Waals surface area contributed by atoms with E-state index in [0.29, 0.717) is 16.5 Å². The van der Waals surface area contributed by atoms with E-state index in [1.165, 1.54) is 15.8 Å². The van der Waals surface area contributed by atoms with Crippen LogP contribution < -0.4 is 11.3 Å². The molecular weight excluding hydrogens is 270 g/mol. The highest BCUT2D eigenvalue weighted by Crippen LogP contribution is 2.18. The molecule has 0 spiro atoms. The molecule has 2 aromatic rings. The maximum absolute atomic E-state index is 11.7. The third-order valence-corrected chi connectivity index (χ3v) is 2.55. The molecule has 0 bridgehead atoms. The number of rotatable bonds is 3. The molecule has 9 heteroatoms. The van der Waals surface area contributed by atoms with Crippen LogP contribution in [0.15, 0.2) is 18.5 Å². The Kier molecular flexibility index (Phi) is 3.63. The van der Waals surface area contributed by atoms with E-state index < -0.39 is 0 Å². The van der Waals surface area contributed by atoms with Gasteiger partial charge in [0.2, 0.25) is 5.95 Å². The Morgan fingerprint density at radius 1 is 1.53 bits per heavy atom. The van der Waals surface area contributed by atoms with Crippen molar-refractivity contribution in [1.82, 2.24) is 24.6 Å². The maximum atomic E-state index is 11.7. The standard InChI is InChI=1S/C10H12ClN7O/c1-17(2)9(19)7-3-4-18(16-7)8-6(11)5-13-10(14-8)15-12/h3-5H,12H2,1-2H3,(H,13,14,15). The average Bonchev–Trinajstić information content (AvgIpc) is 2.87. The van der Waals surface area contributed by atoms with Crippen LogP contribution in [0.1, 0.15) is 10.5 Å². The number of halogens is 1. The van der Waals surface area contributed by atoms with Gasteiger partial charge in [0.15, 0.2) is 11.5 Å². The molecule has 8 nitrogen and oxygen atoms in total. The van der Waals surface area contributed by atoms with Crippen molar-refractivity contribution in [3.05, 3.63) is 29.2 Å². The maximum Gasteiger partial charge on any atom is 0.273 e. The number of carbonyl (C=O) groups excluding carboxylic acids is 1. The Labute approximate surface area is 114 Å². The lowest BCUT2D eigenvalue weighted by Gasteiger charge is -2.07. The van der Waals surface area contributed by atoms with E-state index in [2.05, 4.69) is 20.5 Å². The summed E-state index contributed by atoms with van der Waals surface area (Å²) in [5, 5.41) is 4.42. The topological polar surface area (TPSA) is 102 Å². The van der Waals surface area contributed by atoms with Crippen LogP contribution >= 0.6 is 11.6 Å². The van der Waals surface area contributed by atoms with Gasteiger partial charge in [0.1, 0.15) is 5.02 Å². The molecule has 0 atom stereocenters. The molecule has 2 aromatic heterocycles. The van der Waals surface area contributed by atoms with E-state index in [9.17, 15) is 4.79 Å². The van der Waals surface area contributed by atoms with E-state index >= 15 is 0 Å². The number of nitrogen functional groups attached to an aromatic ring is 1. The quantitative estimate of drug-likeness (QED) is 0.620. The summed E-state index contributed by atoms with van der Waals surface area (Å²) in [7, 11) is 3.30. The number of hydrazine groups is 1. The Morgan fingerprint density at radius 2 is 2.26 bits per heavy atom. The normalized spacial score (nSPS) is 10.3. The lowest BCUT2D eigenvalue weighted by atomic mass is 10.4. The van der Waals surface area contributed by atoms with Gasteiger partial charge in [-0.3, -0.25) is 10.2 Å². The highest BCUT2D eigenvalue weighted by Gasteiger charge is 2.14. The van der Waals surface area contributed by atoms with Gasteiger partial charge in [-0.05, 0) is 6.07 Å². The van der Waals surface area contributed by atoms with Crippen LogP contribution in [0.4, 0.5) is 5.95 Å². The smallest absolute Gasteiger partial charge is 0.273 e. The molecule has 0 aromatic carbocycles. The Morgan fingerprint density at radius 3 is 2.89 bits per heavy atom. The number of amides is 1. The molecule has 2 rings (SSSR count). The van der Waals surface area contributed by atoms with E-state index in [-0.39, 0.29) is 11.9 Å². The van der Waals surface area contributed by atoms with Crippen LogP contribution in [-0.4, -0.2) is 44.7 Å². The van der Waals surface area contributed by atoms with Gasteiger partial charge in [-0.15, -0.1) is 0 Å². The Hall–Kier alpha value is -2.19. The summed E-state index contributed by atoms with van der Waals surface area (Å²) < 4.78 is 1.39. The van der Waals surface area contributed by atoms with E-state index in [1.54, 1.807) is 26.4 Å². The first kappa shape index (κ1) is 13.2. The first-order valence-electron chi connectivity index (χ1n) is 5.29. The Balaban J connectivity index is 2.40. The highest BCUT2D eigenvalue weighted by molar-refractivity contribution is 6.32. The average molecular weight is 282 g/mol. The van der Waals surface area contributed by atoms with E-state index in [0.717, 1.165) is 0 Å². The molecular formula is C10H12ClN7O. The fraction of sp³-hybridized carbons (Fsp3) is 0.200. The van der Waals surface area contributed by atoms with Gasteiger partial charge in [0, 0.05) is 20.3 Å². The van der Waals surface area contributed by atoms with Crippen molar-refractivity contribution in [3.63, 3.8) is 0 Å². The number of nitrogens with one attached hydrogen (secondary N) is 1. The summed E-state index contributed by atoms with van der Waals surface area (Å²) >= 11 is 5.99. The van der Waals surface area contributed by atoms with Crippen LogP contribution in [-0.2, 0) is 0 Å². The van der Waals surface area contributed by atoms with E-state index in [4.69, 9.17) is 17.4 Å². The monoisotopic (exact) mass is 281 g/mol. The van der Waals surface area contributed by atoms with Crippen LogP contribution in [0.25, 0.3) is 5.82 Å². The van der Waals surface area contributed by atoms with Crippen molar-refractivity contribution >= 4 is 23.5 Å². The minimum Gasteiger partial charge on any atom is -0.343 e. The number of carbonyl (C=O) groups is 1. The molecule has 0 unspecified atom stereocenters. The summed E-state index contributed by atoms with van der Waals surface area (Å²) in [5.41, 5.74) is 2.61. The third kappa shape index (κ3) is 2.64. The fourth-order valence-corrected chi connectivity index (χ4v) is 1.55. The van der Waals surface area contributed by atoms with Gasteiger partial charge in [0.25, 0.3) is 5.91 Å². The number of nitrogens with two attached hydrogens (primary N) is 1. The zero-order chi connectivity index (χ0) is 14.0. The lowest BCUT2D eigenvalue weighted by Crippen LogP contribution is -2.22. The number of nitrogens with zero attached hydrogens (tertiary/aromatic N) is 5. The van der Waals surface area contributed by atoms with Crippen molar-refractivity contribution in [2.24, 2.45) is 5.84 Å². The van der Waals surface area contributed by atoms with Crippen LogP contribution in [0.3, 0.4) is 0 Å². The molecule has 0 aliphatic rings. The van der Waals surface area contributed by atoms with Crippen molar-refractivity contribution in [2.45, 2.75) is 0 Å². The van der Waals surface area contributed by atoms with Crippen molar-refractivity contribution in [2.75, 3.05) is 19.5 Å². The van der Waals surface area contributed by atoms with Crippen LogP contribution in [0, 0.1) is 0 Å². The van der Waals surface area contributed by atoms with Crippen molar-refractivity contribution in [1.29, 1.82) is 0 Å². The molecule has 0 aliphatic heterocycles. The van der Waals surface area contributed by atoms with Gasteiger partial charge in [-0.25, -0.2) is 15.5 Å². The van der Waals surface area contributed by atoms with Gasteiger partial charge in [-0.1, -0.05) is 11.6 Å². The highest BCUT2D eigenvalue weighted by atomic mass is 35.5. The molecule has 19 heavy (non-hydrogen) atoms. The number of hydrogen-bond acceptors (Lipinski definition) is 6. The number of aromatic nitrogens is 4. The molecule has 3 N–H and O–H groups in total. The first-order chi connectivity index (χ1) is 9.02. The summed E-state index contributed by atoms with van der Waals surface area (Å²) in [4.78, 5) is 21.1. The number of hydrogen-bond donors (Lipinski definition) is 2. The van der Waals surface area contributed by atoms with Crippen LogP contribution in [0.2, 0.25) is 5.02 Å². The molecule has 0 aliphatic carbocycles. The first-order valence-corrected chi connectivity index (χ1v) is 5.67. The second-order valence-electron chi connectivity index (χ2n) is 3.85. The predicted octanol–water partition coefficient (Wildman–Crippen LogP) is 0.303. The molecule has 1 amide bonds. The molecule has 2 heterocycles. The molecule has 0 saturated heterocycles. The van der Waals surface area contributed by atoms with Crippen LogP contribution in [0.5, 0.6) is 0 Å². The summed E-state index contributed by atoms with van der Waals surface area (Å²) in [6, 6.07) is 1.58. The van der Waals surface area contributed by atoms with Gasteiger partial charge in [0.05, 0.1) is 6.20 Å². The fourth-order valence-electron chi connectivity index (χ4n) is 1.37. The minimum absolute atomic E-state index is 0.204. The van der Waals surface area contributed by atoms with Gasteiger partial charge >= 0.3 is 0 Å². The molecule has 0 saturated carbocycles. The number of anilines is 1. The van der Waals surface area contributed by atoms with Crippen molar-refractivity contribution in [3.8, 4) is 5.82 Å². The molecule has 100 valence electrons. The minimum atomic E-state index is -0.207. The second-order valence-corrected chi connectivity index (χ2v) is 4.26. The predicted molar refractivity (Wildman–Crippen MR) is 70.0 cm³/mol. The second kappa shape index (κ2) is 5.21. The zero-order valence-electron chi connectivity index (χ0n) is 10.3. The molecule has 0 radical (unpaired) electrons. The SMILES string of the molecule is CN(C)C(=O)c1ccn(-c2nc(NN)ncc2Cl)n1. The van der Waals surface area contributed by atoms with Crippen molar-refractivity contribution < 1.29 is 4.79 Å². The zero-order valence-corrected chi connectivity index (χ0v) is 11.1. The summed E-state index contributed by atoms with van der Waals surface area (Å²) in [6.07, 6.45) is 2.99.